The molecule has 0 aliphatic rings. The van der Waals surface area contributed by atoms with Crippen molar-refractivity contribution in [3.8, 4) is 0 Å². The minimum Gasteiger partial charge on any atom is -0.399 e. The lowest BCUT2D eigenvalue weighted by molar-refractivity contribution is 1.09. The number of nitrogen functional groups attached to an aromatic ring is 4. The first-order valence-electron chi connectivity index (χ1n) is 42.6. The summed E-state index contributed by atoms with van der Waals surface area (Å²) in [5.74, 6) is 0. The Bertz CT molecular complexity index is 1960. The second-order valence-corrected chi connectivity index (χ2v) is 18.9. The lowest BCUT2D eigenvalue weighted by Crippen LogP contribution is -1.87. The zero-order chi connectivity index (χ0) is 89.3. The van der Waals surface area contributed by atoms with Crippen molar-refractivity contribution in [2.24, 2.45) is 5.73 Å². The smallest absolute Gasteiger partial charge is 0.0313 e. The van der Waals surface area contributed by atoms with E-state index in [1.54, 1.807) is 0 Å². The van der Waals surface area contributed by atoms with Gasteiger partial charge in [0.05, 0.1) is 0 Å². The van der Waals surface area contributed by atoms with Crippen molar-refractivity contribution < 1.29 is 0 Å². The molecule has 0 radical (unpaired) electrons. The van der Waals surface area contributed by atoms with Crippen LogP contribution in [0.5, 0.6) is 0 Å². The van der Waals surface area contributed by atoms with Gasteiger partial charge in [-0.2, -0.15) is 0 Å². The zero-order valence-corrected chi connectivity index (χ0v) is 79.7. The molecular weight excluding hydrogens is 1340 g/mol. The van der Waals surface area contributed by atoms with Crippen molar-refractivity contribution in [1.82, 2.24) is 0 Å². The largest absolute Gasteiger partial charge is 0.399 e. The molecule has 0 unspecified atom stereocenters. The summed E-state index contributed by atoms with van der Waals surface area (Å²) in [7, 11) is 0. The number of benzene rings is 10. The van der Waals surface area contributed by atoms with Crippen molar-refractivity contribution in [2.75, 3.05) is 29.5 Å². The van der Waals surface area contributed by atoms with Gasteiger partial charge in [-0.15, -0.1) is 0 Å². The molecule has 5 heteroatoms. The van der Waals surface area contributed by atoms with E-state index >= 15 is 0 Å². The summed E-state index contributed by atoms with van der Waals surface area (Å²) in [4.78, 5) is 0. The first-order chi connectivity index (χ1) is 53.7. The molecule has 0 atom stereocenters. The Kier molecular flexibility index (Phi) is 273. The van der Waals surface area contributed by atoms with Crippen molar-refractivity contribution in [1.29, 1.82) is 0 Å². The van der Waals surface area contributed by atoms with Gasteiger partial charge in [-0.1, -0.05) is 585 Å². The molecule has 0 aromatic heterocycles. The first-order valence-corrected chi connectivity index (χ1v) is 42.6. The molecule has 111 heavy (non-hydrogen) atoms. The van der Waals surface area contributed by atoms with Gasteiger partial charge in [0.1, 0.15) is 0 Å². The molecule has 0 aliphatic heterocycles. The van der Waals surface area contributed by atoms with Gasteiger partial charge in [0.15, 0.2) is 0 Å². The predicted molar refractivity (Wildman–Crippen MR) is 538 cm³/mol. The Morgan fingerprint density at radius 2 is 0.207 bits per heavy atom. The number of para-hydroxylation sites is 4. The van der Waals surface area contributed by atoms with E-state index in [2.05, 4.69) is 135 Å². The molecule has 644 valence electrons. The molecule has 0 spiro atoms. The van der Waals surface area contributed by atoms with Gasteiger partial charge < -0.3 is 28.7 Å². The molecule has 10 aromatic carbocycles. The second-order valence-electron chi connectivity index (χ2n) is 18.9. The van der Waals surface area contributed by atoms with E-state index in [9.17, 15) is 0 Å². The Morgan fingerprint density at radius 3 is 0.243 bits per heavy atom. The van der Waals surface area contributed by atoms with Gasteiger partial charge in [-0.25, -0.2) is 0 Å². The SMILES string of the molecule is C.CC.CC.CC.CC.CC.CC.CC.CC.CC.CC.CCC.CCC.CCC.CCC.CCC.CCC.CCC.CCN.Cc1ccccc1.Cc1ccccc1.Nc1ccccc1.Nc1ccccc1.Nc1ccccc1.Nc1ccccc1.c1ccccc1.c1ccccc1.c1ccccc1.c1ccccc1. The molecule has 0 fully saturated rings. The van der Waals surface area contributed by atoms with Gasteiger partial charge in [0.25, 0.3) is 0 Å². The minimum atomic E-state index is 0. The topological polar surface area (TPSA) is 130 Å². The van der Waals surface area contributed by atoms with E-state index in [1.807, 2.05) is 449 Å². The normalized spacial score (nSPS) is 6.83. The van der Waals surface area contributed by atoms with E-state index in [1.165, 1.54) is 56.1 Å². The Balaban J connectivity index is -0.0000000472. The molecule has 0 bridgehead atoms. The highest BCUT2D eigenvalue weighted by atomic mass is 14.5. The van der Waals surface area contributed by atoms with E-state index in [-0.39, 0.29) is 7.43 Å². The minimum absolute atomic E-state index is 0. The highest BCUT2D eigenvalue weighted by Gasteiger charge is 1.76. The Morgan fingerprint density at radius 1 is 0.153 bits per heavy atom. The fourth-order valence-electron chi connectivity index (χ4n) is 4.42. The molecule has 10 N–H and O–H groups in total. The number of hydrogen-bond donors (Lipinski definition) is 5. The highest BCUT2D eigenvalue weighted by molar-refractivity contribution is 5.37. The van der Waals surface area contributed by atoms with Crippen LogP contribution in [0.2, 0.25) is 0 Å². The summed E-state index contributed by atoms with van der Waals surface area (Å²) in [5.41, 5.74) is 32.2. The Hall–Kier alpha value is -8.64. The predicted octanol–water partition coefficient (Wildman–Crippen LogP) is 36.6. The molecule has 0 amide bonds. The van der Waals surface area contributed by atoms with Crippen LogP contribution in [0.3, 0.4) is 0 Å². The maximum Gasteiger partial charge on any atom is 0.0313 e. The van der Waals surface area contributed by atoms with Crippen LogP contribution >= 0.6 is 0 Å². The lowest BCUT2D eigenvalue weighted by atomic mass is 10.2. The molecule has 10 rings (SSSR count). The summed E-state index contributed by atoms with van der Waals surface area (Å²) in [6, 6.07) is 106. The zero-order valence-electron chi connectivity index (χ0n) is 79.7. The van der Waals surface area contributed by atoms with Crippen LogP contribution in [0.15, 0.2) is 328 Å². The van der Waals surface area contributed by atoms with Gasteiger partial charge in [0, 0.05) is 22.7 Å². The van der Waals surface area contributed by atoms with E-state index in [4.69, 9.17) is 28.7 Å². The van der Waals surface area contributed by atoms with Crippen LogP contribution in [0.4, 0.5) is 22.7 Å². The van der Waals surface area contributed by atoms with Gasteiger partial charge >= 0.3 is 0 Å². The fourth-order valence-corrected chi connectivity index (χ4v) is 4.42. The van der Waals surface area contributed by atoms with Crippen LogP contribution in [0.25, 0.3) is 0 Å². The molecular formula is C106H195N5. The summed E-state index contributed by atoms with van der Waals surface area (Å²) in [5, 5.41) is 0. The third kappa shape index (κ3) is 249. The fraction of sp³-hybridized carbons (Fsp3) is 0.434. The van der Waals surface area contributed by atoms with Crippen LogP contribution in [0, 0.1) is 13.8 Å². The first kappa shape index (κ1) is 151. The summed E-state index contributed by atoms with van der Waals surface area (Å²) in [6.07, 6.45) is 8.75. The van der Waals surface area contributed by atoms with Crippen molar-refractivity contribution >= 4 is 22.7 Å². The van der Waals surface area contributed by atoms with Crippen molar-refractivity contribution in [2.45, 2.75) is 309 Å². The van der Waals surface area contributed by atoms with Crippen LogP contribution in [0.1, 0.15) is 306 Å². The number of rotatable bonds is 0. The third-order valence-electron chi connectivity index (χ3n) is 7.75. The number of nitrogens with two attached hydrogens (primary N) is 5. The van der Waals surface area contributed by atoms with Crippen molar-refractivity contribution in [3.05, 3.63) is 339 Å². The standard InChI is InChI=1S/2C7H8.4C6H7N.4C6H6.7C3H8.C2H7N.10C2H6.CH4/c2*1-7-5-3-2-4-6-7;4*7-6-4-2-1-3-5-6;4*1-2-4-6-5-3-1;7*1-3-2;1-2-3;10*1-2;/h2*2-6H,1H3;4*1-5H,7H2;4*1-6H;7*3H2,1-2H3;2-3H2,1H3;10*1-2H3;1H4. The molecule has 5 nitrogen and oxygen atoms in total. The molecule has 0 heterocycles. The lowest BCUT2D eigenvalue weighted by Gasteiger charge is -1.83. The monoisotopic (exact) mass is 1540 g/mol. The molecule has 0 saturated carbocycles. The quantitative estimate of drug-likeness (QED) is 0.0966. The Labute approximate surface area is 701 Å². The van der Waals surface area contributed by atoms with E-state index < -0.39 is 0 Å². The highest BCUT2D eigenvalue weighted by Crippen LogP contribution is 1.99. The maximum absolute atomic E-state index is 5.36. The summed E-state index contributed by atoms with van der Waals surface area (Å²) in [6.45, 7) is 76.6. The van der Waals surface area contributed by atoms with Crippen LogP contribution in [-0.2, 0) is 0 Å². The van der Waals surface area contributed by atoms with Crippen LogP contribution in [-0.4, -0.2) is 6.54 Å². The number of anilines is 4. The van der Waals surface area contributed by atoms with Crippen LogP contribution < -0.4 is 28.7 Å². The average Bonchev–Trinajstić information content (AvgIpc) is 3.52. The molecule has 0 saturated heterocycles. The van der Waals surface area contributed by atoms with Gasteiger partial charge in [-0.05, 0) is 68.9 Å². The molecule has 0 aliphatic carbocycles. The van der Waals surface area contributed by atoms with Gasteiger partial charge in [0.2, 0.25) is 0 Å². The van der Waals surface area contributed by atoms with E-state index in [0.29, 0.717) is 0 Å². The summed E-state index contributed by atoms with van der Waals surface area (Å²) >= 11 is 0. The third-order valence-corrected chi connectivity index (χ3v) is 7.75. The van der Waals surface area contributed by atoms with Crippen molar-refractivity contribution in [3.63, 3.8) is 0 Å². The number of hydrogen-bond acceptors (Lipinski definition) is 5. The van der Waals surface area contributed by atoms with E-state index in [0.717, 1.165) is 29.3 Å². The second kappa shape index (κ2) is 200. The maximum atomic E-state index is 5.36. The number of aryl methyl sites for hydroxylation is 2. The average molecular weight is 1540 g/mol. The molecule has 10 aromatic rings. The van der Waals surface area contributed by atoms with Gasteiger partial charge in [-0.3, -0.25) is 0 Å². The summed E-state index contributed by atoms with van der Waals surface area (Å²) < 4.78 is 0.